The molecule has 1 heterocycles. The number of likely N-dealkylation sites (N-methyl/N-ethyl adjacent to an activating group) is 1. The molecular formula is C42H66N2O6. The summed E-state index contributed by atoms with van der Waals surface area (Å²) in [5.74, 6) is 0.309. The molecule has 0 aromatic heterocycles. The Hall–Kier alpha value is -2.06. The SMILES string of the molecule is CC(C)C1=C2C3CCC4C5(C)CCC(OC(=O)CC(C)(C)C(=O)O)C(C)(C)C5CCC4(C)C3(C)CCC2(C(=O)CN2CCN(C)CC2)CC1=O. The Morgan fingerprint density at radius 3 is 2.16 bits per heavy atom. The van der Waals surface area contributed by atoms with Crippen LogP contribution in [-0.2, 0) is 23.9 Å². The zero-order valence-electron chi connectivity index (χ0n) is 32.9. The van der Waals surface area contributed by atoms with Crippen molar-refractivity contribution in [3.8, 4) is 0 Å². The zero-order chi connectivity index (χ0) is 36.8. The Bertz CT molecular complexity index is 1460. The third-order valence-electron chi connectivity index (χ3n) is 16.3. The van der Waals surface area contributed by atoms with Crippen molar-refractivity contribution < 1.29 is 29.0 Å². The van der Waals surface area contributed by atoms with Gasteiger partial charge in [-0.25, -0.2) is 0 Å². The first-order valence-electron chi connectivity index (χ1n) is 19.8. The summed E-state index contributed by atoms with van der Waals surface area (Å²) in [5, 5.41) is 9.60. The average Bonchev–Trinajstić information content (AvgIpc) is 3.33. The average molecular weight is 695 g/mol. The van der Waals surface area contributed by atoms with E-state index in [4.69, 9.17) is 4.74 Å². The molecule has 8 heteroatoms. The second kappa shape index (κ2) is 12.5. The molecule has 1 saturated heterocycles. The van der Waals surface area contributed by atoms with Crippen molar-refractivity contribution in [3.05, 3.63) is 11.1 Å². The molecule has 0 spiro atoms. The minimum absolute atomic E-state index is 0.0164. The summed E-state index contributed by atoms with van der Waals surface area (Å²) in [4.78, 5) is 58.1. The lowest BCUT2D eigenvalue weighted by Gasteiger charge is -2.72. The Labute approximate surface area is 301 Å². The molecule has 0 bridgehead atoms. The van der Waals surface area contributed by atoms with E-state index in [0.29, 0.717) is 24.8 Å². The van der Waals surface area contributed by atoms with Gasteiger partial charge in [0.2, 0.25) is 0 Å². The first-order valence-corrected chi connectivity index (χ1v) is 19.8. The molecule has 8 unspecified atom stereocenters. The van der Waals surface area contributed by atoms with Crippen LogP contribution in [0, 0.1) is 56.2 Å². The number of piperazine rings is 1. The molecule has 50 heavy (non-hydrogen) atoms. The zero-order valence-corrected chi connectivity index (χ0v) is 32.9. The van der Waals surface area contributed by atoms with Crippen LogP contribution in [0.4, 0.5) is 0 Å². The van der Waals surface area contributed by atoms with Gasteiger partial charge in [-0.3, -0.25) is 24.1 Å². The van der Waals surface area contributed by atoms with Crippen LogP contribution in [0.1, 0.15) is 127 Å². The third kappa shape index (κ3) is 5.58. The van der Waals surface area contributed by atoms with Crippen molar-refractivity contribution in [2.45, 2.75) is 133 Å². The highest BCUT2D eigenvalue weighted by molar-refractivity contribution is 6.07. The number of ketones is 2. The number of aliphatic carboxylic acids is 1. The lowest BCUT2D eigenvalue weighted by atomic mass is 9.33. The number of carboxylic acid groups (broad SMARTS) is 1. The maximum Gasteiger partial charge on any atom is 0.309 e. The second-order valence-electron chi connectivity index (χ2n) is 20.0. The highest BCUT2D eigenvalue weighted by atomic mass is 16.5. The number of hydrogen-bond donors (Lipinski definition) is 1. The number of carbonyl (C=O) groups excluding carboxylic acids is 3. The molecular weight excluding hydrogens is 628 g/mol. The first kappa shape index (κ1) is 37.7. The smallest absolute Gasteiger partial charge is 0.309 e. The highest BCUT2D eigenvalue weighted by Gasteiger charge is 2.71. The third-order valence-corrected chi connectivity index (χ3v) is 16.3. The van der Waals surface area contributed by atoms with Gasteiger partial charge < -0.3 is 14.7 Å². The molecule has 1 aliphatic heterocycles. The molecule has 5 fully saturated rings. The Balaban J connectivity index is 1.28. The Morgan fingerprint density at radius 1 is 0.880 bits per heavy atom. The van der Waals surface area contributed by atoms with E-state index in [2.05, 4.69) is 65.3 Å². The van der Waals surface area contributed by atoms with Crippen LogP contribution in [0.15, 0.2) is 11.1 Å². The van der Waals surface area contributed by atoms with Crippen LogP contribution in [0.2, 0.25) is 0 Å². The molecule has 0 aromatic rings. The molecule has 0 radical (unpaired) electrons. The van der Waals surface area contributed by atoms with Crippen molar-refractivity contribution >= 4 is 23.5 Å². The number of Topliss-reactive ketones (excluding diaryl/α,β-unsaturated/α-hetero) is 2. The van der Waals surface area contributed by atoms with E-state index in [1.165, 1.54) is 5.57 Å². The first-order chi connectivity index (χ1) is 23.1. The van der Waals surface area contributed by atoms with E-state index in [0.717, 1.165) is 83.1 Å². The number of fused-ring (bicyclic) bond motifs is 7. The number of hydrogen-bond acceptors (Lipinski definition) is 7. The molecule has 0 amide bonds. The quantitative estimate of drug-likeness (QED) is 0.266. The van der Waals surface area contributed by atoms with Crippen LogP contribution < -0.4 is 0 Å². The van der Waals surface area contributed by atoms with Gasteiger partial charge in [-0.1, -0.05) is 48.5 Å². The van der Waals surface area contributed by atoms with Gasteiger partial charge in [-0.05, 0) is 123 Å². The minimum Gasteiger partial charge on any atom is -0.481 e. The molecule has 0 aromatic carbocycles. The second-order valence-corrected chi connectivity index (χ2v) is 20.0. The van der Waals surface area contributed by atoms with Crippen molar-refractivity contribution in [2.24, 2.45) is 56.2 Å². The van der Waals surface area contributed by atoms with Gasteiger partial charge in [0, 0.05) is 38.0 Å². The van der Waals surface area contributed by atoms with E-state index in [1.807, 2.05) is 0 Å². The fourth-order valence-electron chi connectivity index (χ4n) is 13.2. The van der Waals surface area contributed by atoms with Crippen molar-refractivity contribution in [3.63, 3.8) is 0 Å². The van der Waals surface area contributed by atoms with Gasteiger partial charge >= 0.3 is 11.9 Å². The van der Waals surface area contributed by atoms with Crippen molar-refractivity contribution in [1.29, 1.82) is 0 Å². The number of carboxylic acids is 1. The topological polar surface area (TPSA) is 104 Å². The standard InChI is InChI=1S/C42H66N2O6/c1-26(2)34-28(45)23-42(31(46)25-44-21-19-43(10)20-22-44)18-17-40(8)27(35(34)42)11-12-30-39(7)15-14-32(50-33(47)24-37(3,4)36(48)49)38(5,6)29(39)13-16-41(30,40)9/h26-27,29-30,32H,11-25H2,1-10H3,(H,48,49). The molecule has 8 atom stereocenters. The number of carbonyl (C=O) groups is 4. The van der Waals surface area contributed by atoms with Crippen LogP contribution in [-0.4, -0.2) is 84.3 Å². The van der Waals surface area contributed by atoms with Crippen molar-refractivity contribution in [1.82, 2.24) is 9.80 Å². The summed E-state index contributed by atoms with van der Waals surface area (Å²) in [6, 6.07) is 0. The maximum absolute atomic E-state index is 14.6. The monoisotopic (exact) mass is 694 g/mol. The molecule has 6 aliphatic rings. The largest absolute Gasteiger partial charge is 0.481 e. The predicted octanol–water partition coefficient (Wildman–Crippen LogP) is 7.20. The predicted molar refractivity (Wildman–Crippen MR) is 194 cm³/mol. The summed E-state index contributed by atoms with van der Waals surface area (Å²) in [7, 11) is 2.14. The molecule has 4 saturated carbocycles. The minimum atomic E-state index is -1.16. The van der Waals surface area contributed by atoms with Gasteiger partial charge in [0.1, 0.15) is 6.10 Å². The number of esters is 1. The molecule has 8 nitrogen and oxygen atoms in total. The lowest BCUT2D eigenvalue weighted by Crippen LogP contribution is -2.66. The molecule has 1 N–H and O–H groups in total. The van der Waals surface area contributed by atoms with E-state index in [9.17, 15) is 24.3 Å². The lowest BCUT2D eigenvalue weighted by molar-refractivity contribution is -0.233. The van der Waals surface area contributed by atoms with Gasteiger partial charge in [0.15, 0.2) is 11.6 Å². The maximum atomic E-state index is 14.6. The van der Waals surface area contributed by atoms with E-state index >= 15 is 0 Å². The van der Waals surface area contributed by atoms with Crippen LogP contribution in [0.3, 0.4) is 0 Å². The highest BCUT2D eigenvalue weighted by Crippen LogP contribution is 2.76. The molecule has 6 rings (SSSR count). The Kier molecular flexibility index (Phi) is 9.44. The van der Waals surface area contributed by atoms with E-state index in [1.54, 1.807) is 13.8 Å². The number of nitrogens with zero attached hydrogens (tertiary/aromatic N) is 2. The van der Waals surface area contributed by atoms with Gasteiger partial charge in [0.05, 0.1) is 23.8 Å². The molecule has 280 valence electrons. The summed E-state index contributed by atoms with van der Waals surface area (Å²) >= 11 is 0. The summed E-state index contributed by atoms with van der Waals surface area (Å²) in [6.45, 7) is 23.8. The van der Waals surface area contributed by atoms with Crippen LogP contribution in [0.5, 0.6) is 0 Å². The number of ether oxygens (including phenoxy) is 1. The van der Waals surface area contributed by atoms with Crippen LogP contribution in [0.25, 0.3) is 0 Å². The molecule has 5 aliphatic carbocycles. The Morgan fingerprint density at radius 2 is 1.54 bits per heavy atom. The fourth-order valence-corrected chi connectivity index (χ4v) is 13.2. The van der Waals surface area contributed by atoms with Gasteiger partial charge in [0.25, 0.3) is 0 Å². The van der Waals surface area contributed by atoms with Gasteiger partial charge in [-0.15, -0.1) is 0 Å². The summed E-state index contributed by atoms with van der Waals surface area (Å²) < 4.78 is 6.16. The van der Waals surface area contributed by atoms with Crippen molar-refractivity contribution in [2.75, 3.05) is 39.8 Å². The summed E-state index contributed by atoms with van der Waals surface area (Å²) in [5.41, 5.74) is 0.289. The normalized spacial score (nSPS) is 40.5. The van der Waals surface area contributed by atoms with Gasteiger partial charge in [-0.2, -0.15) is 0 Å². The number of rotatable bonds is 8. The fraction of sp³-hybridized carbons (Fsp3) is 0.857. The number of allylic oxidation sites excluding steroid dienone is 2. The summed E-state index contributed by atoms with van der Waals surface area (Å²) in [6.07, 6.45) is 7.76. The van der Waals surface area contributed by atoms with E-state index in [-0.39, 0.29) is 57.6 Å². The van der Waals surface area contributed by atoms with E-state index < -0.39 is 22.8 Å². The van der Waals surface area contributed by atoms with Crippen LogP contribution >= 0.6 is 0 Å².